The fourth-order valence-corrected chi connectivity index (χ4v) is 2.34. The van der Waals surface area contributed by atoms with Crippen LogP contribution in [0.15, 0.2) is 42.7 Å². The first-order valence-corrected chi connectivity index (χ1v) is 7.72. The highest BCUT2D eigenvalue weighted by Crippen LogP contribution is 2.12. The van der Waals surface area contributed by atoms with Crippen LogP contribution in [-0.2, 0) is 14.3 Å². The fourth-order valence-electron chi connectivity index (χ4n) is 2.34. The minimum Gasteiger partial charge on any atom is -0.366 e. The van der Waals surface area contributed by atoms with Crippen LogP contribution in [0.5, 0.6) is 0 Å². The molecule has 0 spiro atoms. The third-order valence-corrected chi connectivity index (χ3v) is 3.56. The van der Waals surface area contributed by atoms with E-state index in [1.165, 1.54) is 0 Å². The van der Waals surface area contributed by atoms with Crippen molar-refractivity contribution in [1.82, 2.24) is 20.4 Å². The Morgan fingerprint density at radius 3 is 2.76 bits per heavy atom. The van der Waals surface area contributed by atoms with Crippen LogP contribution >= 0.6 is 12.4 Å². The zero-order valence-corrected chi connectivity index (χ0v) is 14.3. The van der Waals surface area contributed by atoms with E-state index >= 15 is 0 Å². The van der Waals surface area contributed by atoms with Gasteiger partial charge < -0.3 is 20.7 Å². The van der Waals surface area contributed by atoms with E-state index in [0.717, 1.165) is 12.2 Å². The van der Waals surface area contributed by atoms with Crippen LogP contribution in [0.4, 0.5) is 5.69 Å². The SMILES string of the molecule is Cl.O=C(CNC(=O)C1CNCCO1)Nc1ccc(-n2cccn2)cc1. The number of ether oxygens (including phenoxy) is 1. The molecule has 2 aromatic rings. The maximum Gasteiger partial charge on any atom is 0.250 e. The van der Waals surface area contributed by atoms with Crippen LogP contribution in [0.3, 0.4) is 0 Å². The van der Waals surface area contributed by atoms with Gasteiger partial charge in [-0.1, -0.05) is 0 Å². The molecule has 1 aliphatic rings. The summed E-state index contributed by atoms with van der Waals surface area (Å²) in [6.45, 7) is 1.59. The van der Waals surface area contributed by atoms with Gasteiger partial charge in [0.1, 0.15) is 6.10 Å². The Kier molecular flexibility index (Phi) is 6.93. The average Bonchev–Trinajstić information content (AvgIpc) is 3.16. The molecule has 2 heterocycles. The Labute approximate surface area is 151 Å². The molecule has 1 aliphatic heterocycles. The molecule has 0 radical (unpaired) electrons. The number of carbonyl (C=O) groups is 2. The summed E-state index contributed by atoms with van der Waals surface area (Å²) in [7, 11) is 0. The number of hydrogen-bond donors (Lipinski definition) is 3. The Hall–Kier alpha value is -2.42. The van der Waals surface area contributed by atoms with Crippen molar-refractivity contribution in [3.8, 4) is 5.69 Å². The van der Waals surface area contributed by atoms with Gasteiger partial charge in [-0.15, -0.1) is 12.4 Å². The molecule has 1 aromatic carbocycles. The Morgan fingerprint density at radius 2 is 2.12 bits per heavy atom. The summed E-state index contributed by atoms with van der Waals surface area (Å²) in [5.74, 6) is -0.578. The smallest absolute Gasteiger partial charge is 0.250 e. The molecule has 1 unspecified atom stereocenters. The minimum absolute atomic E-state index is 0. The van der Waals surface area contributed by atoms with Crippen LogP contribution < -0.4 is 16.0 Å². The third-order valence-electron chi connectivity index (χ3n) is 3.56. The van der Waals surface area contributed by atoms with Crippen molar-refractivity contribution in [1.29, 1.82) is 0 Å². The number of halogens is 1. The first-order valence-electron chi connectivity index (χ1n) is 7.72. The molecule has 1 atom stereocenters. The van der Waals surface area contributed by atoms with E-state index in [-0.39, 0.29) is 30.8 Å². The highest BCUT2D eigenvalue weighted by atomic mass is 35.5. The number of anilines is 1. The van der Waals surface area contributed by atoms with E-state index in [1.54, 1.807) is 23.0 Å². The van der Waals surface area contributed by atoms with Crippen LogP contribution in [0.1, 0.15) is 0 Å². The first kappa shape index (κ1) is 18.9. The summed E-state index contributed by atoms with van der Waals surface area (Å²) < 4.78 is 7.05. The second-order valence-electron chi connectivity index (χ2n) is 5.33. The molecular weight excluding hydrogens is 346 g/mol. The zero-order chi connectivity index (χ0) is 16.8. The van der Waals surface area contributed by atoms with E-state index in [2.05, 4.69) is 21.0 Å². The number of carbonyl (C=O) groups excluding carboxylic acids is 2. The third kappa shape index (κ3) is 5.28. The van der Waals surface area contributed by atoms with Gasteiger partial charge in [-0.05, 0) is 30.3 Å². The van der Waals surface area contributed by atoms with Gasteiger partial charge in [0.25, 0.3) is 5.91 Å². The van der Waals surface area contributed by atoms with E-state index in [0.29, 0.717) is 18.8 Å². The minimum atomic E-state index is -0.542. The van der Waals surface area contributed by atoms with Gasteiger partial charge in [0.05, 0.1) is 18.8 Å². The average molecular weight is 366 g/mol. The normalized spacial score (nSPS) is 16.6. The van der Waals surface area contributed by atoms with Gasteiger partial charge in [-0.2, -0.15) is 5.10 Å². The van der Waals surface area contributed by atoms with E-state index in [4.69, 9.17) is 4.74 Å². The molecule has 0 saturated carbocycles. The molecule has 25 heavy (non-hydrogen) atoms. The number of rotatable bonds is 5. The van der Waals surface area contributed by atoms with Crippen molar-refractivity contribution < 1.29 is 14.3 Å². The Morgan fingerprint density at radius 1 is 1.32 bits per heavy atom. The monoisotopic (exact) mass is 365 g/mol. The number of benzene rings is 1. The number of nitrogens with one attached hydrogen (secondary N) is 3. The lowest BCUT2D eigenvalue weighted by Crippen LogP contribution is -2.49. The molecule has 3 rings (SSSR count). The van der Waals surface area contributed by atoms with Crippen LogP contribution in [-0.4, -0.2) is 53.9 Å². The lowest BCUT2D eigenvalue weighted by atomic mass is 10.2. The summed E-state index contributed by atoms with van der Waals surface area (Å²) >= 11 is 0. The highest BCUT2D eigenvalue weighted by molar-refractivity contribution is 5.95. The summed E-state index contributed by atoms with van der Waals surface area (Å²) in [5.41, 5.74) is 1.55. The van der Waals surface area contributed by atoms with Crippen molar-refractivity contribution in [2.24, 2.45) is 0 Å². The largest absolute Gasteiger partial charge is 0.366 e. The summed E-state index contributed by atoms with van der Waals surface area (Å²) in [6, 6.07) is 9.10. The summed E-state index contributed by atoms with van der Waals surface area (Å²) in [4.78, 5) is 23.8. The van der Waals surface area contributed by atoms with Crippen LogP contribution in [0, 0.1) is 0 Å². The molecule has 134 valence electrons. The predicted molar refractivity (Wildman–Crippen MR) is 95.1 cm³/mol. The lowest BCUT2D eigenvalue weighted by Gasteiger charge is -2.22. The molecule has 3 N–H and O–H groups in total. The van der Waals surface area contributed by atoms with E-state index in [9.17, 15) is 9.59 Å². The number of aromatic nitrogens is 2. The molecule has 2 amide bonds. The van der Waals surface area contributed by atoms with Crippen molar-refractivity contribution in [3.63, 3.8) is 0 Å². The Balaban J connectivity index is 0.00000225. The number of morpholine rings is 1. The van der Waals surface area contributed by atoms with Gasteiger partial charge in [0.2, 0.25) is 5.91 Å². The van der Waals surface area contributed by atoms with Gasteiger partial charge in [-0.3, -0.25) is 9.59 Å². The van der Waals surface area contributed by atoms with Crippen molar-refractivity contribution >= 4 is 29.9 Å². The zero-order valence-electron chi connectivity index (χ0n) is 13.5. The number of nitrogens with zero attached hydrogens (tertiary/aromatic N) is 2. The van der Waals surface area contributed by atoms with Crippen molar-refractivity contribution in [2.45, 2.75) is 6.10 Å². The molecular formula is C16H20ClN5O3. The van der Waals surface area contributed by atoms with Gasteiger partial charge in [-0.25, -0.2) is 4.68 Å². The van der Waals surface area contributed by atoms with Crippen molar-refractivity contribution in [3.05, 3.63) is 42.7 Å². The summed E-state index contributed by atoms with van der Waals surface area (Å²) in [6.07, 6.45) is 3.00. The molecule has 0 aliphatic carbocycles. The van der Waals surface area contributed by atoms with Crippen LogP contribution in [0.25, 0.3) is 5.69 Å². The van der Waals surface area contributed by atoms with E-state index < -0.39 is 6.10 Å². The van der Waals surface area contributed by atoms with Gasteiger partial charge in [0.15, 0.2) is 0 Å². The number of hydrogen-bond acceptors (Lipinski definition) is 5. The second-order valence-corrected chi connectivity index (χ2v) is 5.33. The molecule has 1 saturated heterocycles. The molecule has 9 heteroatoms. The van der Waals surface area contributed by atoms with E-state index in [1.807, 2.05) is 24.4 Å². The standard InChI is InChI=1S/C16H19N5O3.ClH/c22-15(11-18-16(23)14-10-17-7-9-24-14)20-12-2-4-13(5-3-12)21-8-1-6-19-21;/h1-6,8,14,17H,7,9-11H2,(H,18,23)(H,20,22);1H. The molecule has 8 nitrogen and oxygen atoms in total. The molecule has 1 aromatic heterocycles. The first-order chi connectivity index (χ1) is 11.7. The molecule has 1 fully saturated rings. The highest BCUT2D eigenvalue weighted by Gasteiger charge is 2.21. The molecule has 0 bridgehead atoms. The number of amides is 2. The van der Waals surface area contributed by atoms with Crippen LogP contribution in [0.2, 0.25) is 0 Å². The lowest BCUT2D eigenvalue weighted by molar-refractivity contribution is -0.135. The Bertz CT molecular complexity index is 684. The maximum atomic E-state index is 11.9. The topological polar surface area (TPSA) is 97.3 Å². The predicted octanol–water partition coefficient (Wildman–Crippen LogP) is 0.337. The van der Waals surface area contributed by atoms with Gasteiger partial charge >= 0.3 is 0 Å². The quantitative estimate of drug-likeness (QED) is 0.709. The fraction of sp³-hybridized carbons (Fsp3) is 0.312. The van der Waals surface area contributed by atoms with Crippen molar-refractivity contribution in [2.75, 3.05) is 31.6 Å². The van der Waals surface area contributed by atoms with Gasteiger partial charge in [0, 0.05) is 31.2 Å². The summed E-state index contributed by atoms with van der Waals surface area (Å²) in [5, 5.41) is 12.5. The second kappa shape index (κ2) is 9.16. The maximum absolute atomic E-state index is 11.9.